The van der Waals surface area contributed by atoms with Crippen molar-refractivity contribution in [2.24, 2.45) is 11.8 Å². The van der Waals surface area contributed by atoms with Gasteiger partial charge in [-0.05, 0) is 116 Å². The van der Waals surface area contributed by atoms with Gasteiger partial charge in [-0.3, -0.25) is 4.90 Å². The average molecular weight is 660 g/mol. The van der Waals surface area contributed by atoms with Crippen molar-refractivity contribution in [2.75, 3.05) is 66.7 Å². The third-order valence-electron chi connectivity index (χ3n) is 9.31. The molecule has 268 valence electrons. The van der Waals surface area contributed by atoms with Crippen LogP contribution in [0.4, 0.5) is 9.59 Å². The monoisotopic (exact) mass is 659 g/mol. The molecule has 0 unspecified atom stereocenters. The number of amides is 2. The van der Waals surface area contributed by atoms with E-state index in [4.69, 9.17) is 18.9 Å². The van der Waals surface area contributed by atoms with Gasteiger partial charge in [-0.1, -0.05) is 43.5 Å². The van der Waals surface area contributed by atoms with E-state index < -0.39 is 11.2 Å². The van der Waals surface area contributed by atoms with Crippen LogP contribution in [-0.2, 0) is 31.8 Å². The van der Waals surface area contributed by atoms with Gasteiger partial charge in [-0.25, -0.2) is 9.59 Å². The van der Waals surface area contributed by atoms with Crippen molar-refractivity contribution in [3.8, 4) is 0 Å². The van der Waals surface area contributed by atoms with E-state index in [0.29, 0.717) is 44.2 Å². The average Bonchev–Trinajstić information content (AvgIpc) is 3.45. The summed E-state index contributed by atoms with van der Waals surface area (Å²) in [5.41, 5.74) is 2.13. The van der Waals surface area contributed by atoms with Crippen LogP contribution in [-0.4, -0.2) is 111 Å². The Labute approximate surface area is 285 Å². The molecule has 0 aromatic heterocycles. The molecule has 0 spiro atoms. The number of methoxy groups -OCH3 is 2. The zero-order valence-corrected chi connectivity index (χ0v) is 30.9. The number of hydrogen-bond acceptors (Lipinski definition) is 7. The lowest BCUT2D eigenvalue weighted by Gasteiger charge is -2.38. The first-order valence-corrected chi connectivity index (χ1v) is 18.0. The van der Waals surface area contributed by atoms with Crippen molar-refractivity contribution in [1.29, 1.82) is 0 Å². The van der Waals surface area contributed by atoms with Gasteiger partial charge in [0, 0.05) is 46.4 Å². The number of ether oxygens (including phenoxy) is 4. The highest BCUT2D eigenvalue weighted by molar-refractivity contribution is 5.68. The van der Waals surface area contributed by atoms with Crippen LogP contribution in [0.2, 0.25) is 0 Å². The molecular weight excluding hydrogens is 594 g/mol. The first-order chi connectivity index (χ1) is 22.3. The van der Waals surface area contributed by atoms with Crippen molar-refractivity contribution < 1.29 is 28.5 Å². The summed E-state index contributed by atoms with van der Waals surface area (Å²) < 4.78 is 21.4. The molecular formula is C38H65N3O6. The molecule has 1 heterocycles. The second-order valence-corrected chi connectivity index (χ2v) is 15.7. The molecule has 1 aliphatic heterocycles. The quantitative estimate of drug-likeness (QED) is 0.249. The number of carbonyl (C=O) groups is 2. The molecule has 1 saturated heterocycles. The number of hydrogen-bond donors (Lipinski definition) is 0. The topological polar surface area (TPSA) is 80.8 Å². The van der Waals surface area contributed by atoms with Gasteiger partial charge in [-0.15, -0.1) is 0 Å². The summed E-state index contributed by atoms with van der Waals surface area (Å²) in [6.07, 6.45) is 10.6. The summed E-state index contributed by atoms with van der Waals surface area (Å²) in [7, 11) is 3.33. The van der Waals surface area contributed by atoms with Crippen LogP contribution < -0.4 is 0 Å². The lowest BCUT2D eigenvalue weighted by molar-refractivity contribution is 0.0131. The Morgan fingerprint density at radius 3 is 1.53 bits per heavy atom. The number of nitrogens with zero attached hydrogens (tertiary/aromatic N) is 3. The summed E-state index contributed by atoms with van der Waals surface area (Å²) in [6.45, 7) is 17.6. The van der Waals surface area contributed by atoms with Crippen molar-refractivity contribution in [1.82, 2.24) is 14.7 Å². The van der Waals surface area contributed by atoms with Gasteiger partial charge in [0.1, 0.15) is 11.2 Å². The molecule has 0 atom stereocenters. The Hall–Kier alpha value is -2.36. The minimum Gasteiger partial charge on any atom is -0.444 e. The minimum atomic E-state index is -0.469. The Balaban J connectivity index is 0.000000277. The first-order valence-electron chi connectivity index (χ1n) is 18.0. The van der Waals surface area contributed by atoms with E-state index in [-0.39, 0.29) is 12.2 Å². The molecule has 0 radical (unpaired) electrons. The molecule has 9 heteroatoms. The van der Waals surface area contributed by atoms with Crippen LogP contribution in [0.3, 0.4) is 0 Å². The number of likely N-dealkylation sites (tertiary alicyclic amines) is 1. The van der Waals surface area contributed by atoms with Crippen LogP contribution >= 0.6 is 0 Å². The second-order valence-electron chi connectivity index (χ2n) is 15.7. The summed E-state index contributed by atoms with van der Waals surface area (Å²) in [6, 6.07) is 9.50. The van der Waals surface area contributed by atoms with Gasteiger partial charge in [-0.2, -0.15) is 0 Å². The van der Waals surface area contributed by atoms with Crippen LogP contribution in [0.1, 0.15) is 97.6 Å². The van der Waals surface area contributed by atoms with Crippen LogP contribution in [0.25, 0.3) is 0 Å². The third kappa shape index (κ3) is 14.3. The molecule has 9 nitrogen and oxygen atoms in total. The molecule has 47 heavy (non-hydrogen) atoms. The normalized spacial score (nSPS) is 18.2. The van der Waals surface area contributed by atoms with E-state index in [9.17, 15) is 9.59 Å². The standard InChI is InChI=1S/C23H36N2O3.C15H29NO3/c1-23(2,3)28-22(26)25(13-14-27-4)17-18-9-11-24(12-10-18)21-15-19-7-5-6-8-20(19)16-21;1-15(2,3)19-14(17)16(10-11-18-4)12-13-8-6-5-7-9-13/h5-8,18,21H,9-17H2,1-4H3;13H,5-12H2,1-4H3. The highest BCUT2D eigenvalue weighted by Gasteiger charge is 2.32. The van der Waals surface area contributed by atoms with Crippen LogP contribution in [0.5, 0.6) is 0 Å². The fourth-order valence-electron chi connectivity index (χ4n) is 6.86. The van der Waals surface area contributed by atoms with E-state index in [1.807, 2.05) is 51.3 Å². The van der Waals surface area contributed by atoms with Gasteiger partial charge in [0.15, 0.2) is 0 Å². The minimum absolute atomic E-state index is 0.213. The fourth-order valence-corrected chi connectivity index (χ4v) is 6.86. The number of carbonyl (C=O) groups excluding carboxylic acids is 2. The van der Waals surface area contributed by atoms with Gasteiger partial charge in [0.05, 0.1) is 13.2 Å². The SMILES string of the molecule is COCCN(CC1CCCCC1)C(=O)OC(C)(C)C.COCCN(CC1CCN(C2Cc3ccccc3C2)CC1)C(=O)OC(C)(C)C. The van der Waals surface area contributed by atoms with Gasteiger partial charge in [0.2, 0.25) is 0 Å². The largest absolute Gasteiger partial charge is 0.444 e. The van der Waals surface area contributed by atoms with E-state index in [2.05, 4.69) is 29.2 Å². The maximum atomic E-state index is 12.6. The lowest BCUT2D eigenvalue weighted by Crippen LogP contribution is -2.46. The molecule has 1 aromatic rings. The fraction of sp³-hybridized carbons (Fsp3) is 0.789. The Morgan fingerprint density at radius 2 is 1.13 bits per heavy atom. The zero-order chi connectivity index (χ0) is 34.5. The molecule has 2 fully saturated rings. The molecule has 0 bridgehead atoms. The molecule has 4 rings (SSSR count). The van der Waals surface area contributed by atoms with Gasteiger partial charge in [0.25, 0.3) is 0 Å². The second kappa shape index (κ2) is 19.0. The van der Waals surface area contributed by atoms with E-state index in [0.717, 1.165) is 39.0 Å². The molecule has 1 aromatic carbocycles. The maximum absolute atomic E-state index is 12.6. The van der Waals surface area contributed by atoms with E-state index >= 15 is 0 Å². The van der Waals surface area contributed by atoms with E-state index in [1.54, 1.807) is 14.2 Å². The van der Waals surface area contributed by atoms with Crippen molar-refractivity contribution in [3.05, 3.63) is 35.4 Å². The summed E-state index contributed by atoms with van der Waals surface area (Å²) >= 11 is 0. The first kappa shape index (κ1) is 39.1. The molecule has 1 saturated carbocycles. The predicted molar refractivity (Wildman–Crippen MR) is 188 cm³/mol. The molecule has 2 aliphatic carbocycles. The lowest BCUT2D eigenvalue weighted by atomic mass is 9.89. The van der Waals surface area contributed by atoms with Crippen LogP contribution in [0.15, 0.2) is 24.3 Å². The van der Waals surface area contributed by atoms with Gasteiger partial charge >= 0.3 is 12.2 Å². The zero-order valence-electron chi connectivity index (χ0n) is 30.9. The number of fused-ring (bicyclic) bond motifs is 1. The van der Waals surface area contributed by atoms with E-state index in [1.165, 1.54) is 56.1 Å². The summed E-state index contributed by atoms with van der Waals surface area (Å²) in [5, 5.41) is 0. The highest BCUT2D eigenvalue weighted by Crippen LogP contribution is 2.29. The number of piperidine rings is 1. The molecule has 2 amide bonds. The van der Waals surface area contributed by atoms with Crippen molar-refractivity contribution >= 4 is 12.2 Å². The van der Waals surface area contributed by atoms with Crippen molar-refractivity contribution in [3.63, 3.8) is 0 Å². The third-order valence-corrected chi connectivity index (χ3v) is 9.31. The Kier molecular flexibility index (Phi) is 15.8. The summed E-state index contributed by atoms with van der Waals surface area (Å²) in [4.78, 5) is 31.1. The predicted octanol–water partition coefficient (Wildman–Crippen LogP) is 7.20. The highest BCUT2D eigenvalue weighted by atomic mass is 16.6. The smallest absolute Gasteiger partial charge is 0.410 e. The molecule has 0 N–H and O–H groups in total. The van der Waals surface area contributed by atoms with Crippen LogP contribution in [0, 0.1) is 11.8 Å². The van der Waals surface area contributed by atoms with Gasteiger partial charge < -0.3 is 28.7 Å². The van der Waals surface area contributed by atoms with Crippen molar-refractivity contribution in [2.45, 2.75) is 117 Å². The summed E-state index contributed by atoms with van der Waals surface area (Å²) in [5.74, 6) is 1.16. The number of benzene rings is 1. The maximum Gasteiger partial charge on any atom is 0.410 e. The number of rotatable bonds is 11. The Morgan fingerprint density at radius 1 is 0.702 bits per heavy atom. The molecule has 3 aliphatic rings. The Bertz CT molecular complexity index is 1040.